The van der Waals surface area contributed by atoms with Crippen LogP contribution in [0.15, 0.2) is 0 Å². The van der Waals surface area contributed by atoms with Gasteiger partial charge in [-0.15, -0.1) is 0 Å². The molecule has 0 saturated heterocycles. The van der Waals surface area contributed by atoms with Crippen molar-refractivity contribution in [3.8, 4) is 0 Å². The largest absolute Gasteiger partial charge is 0.349 e. The second kappa shape index (κ2) is 6.14. The number of aromatic amines is 1. The number of amides is 1. The Hall–Kier alpha value is -1.07. The van der Waals surface area contributed by atoms with Crippen LogP contribution < -0.4 is 5.32 Å². The van der Waals surface area contributed by atoms with Crippen molar-refractivity contribution in [1.29, 1.82) is 0 Å². The van der Waals surface area contributed by atoms with Crippen molar-refractivity contribution in [1.82, 2.24) is 20.4 Å². The van der Waals surface area contributed by atoms with Gasteiger partial charge in [0.1, 0.15) is 0 Å². The van der Waals surface area contributed by atoms with Crippen LogP contribution in [0, 0.1) is 6.92 Å². The number of halogens is 1. The number of carbonyl (C=O) groups is 1. The maximum absolute atomic E-state index is 12.2. The molecule has 2 N–H and O–H groups in total. The van der Waals surface area contributed by atoms with E-state index < -0.39 is 0 Å². The molecule has 0 aromatic carbocycles. The summed E-state index contributed by atoms with van der Waals surface area (Å²) in [4.78, 5) is 14.4. The number of rotatable bonds is 4. The Balaban J connectivity index is 2.02. The maximum Gasteiger partial charge on any atom is 0.273 e. The smallest absolute Gasteiger partial charge is 0.273 e. The Bertz CT molecular complexity index is 478. The molecule has 2 rings (SSSR count). The van der Waals surface area contributed by atoms with E-state index in [-0.39, 0.29) is 17.1 Å². The van der Waals surface area contributed by atoms with Crippen molar-refractivity contribution >= 4 is 17.5 Å². The van der Waals surface area contributed by atoms with Gasteiger partial charge in [0.05, 0.1) is 10.7 Å². The highest BCUT2D eigenvalue weighted by molar-refractivity contribution is 6.34. The van der Waals surface area contributed by atoms with Crippen LogP contribution in [0.2, 0.25) is 5.02 Å². The number of carbonyl (C=O) groups excluding carboxylic acids is 1. The lowest BCUT2D eigenvalue weighted by molar-refractivity contribution is 0.0796. The highest BCUT2D eigenvalue weighted by atomic mass is 35.5. The first kappa shape index (κ1) is 15.3. The van der Waals surface area contributed by atoms with Gasteiger partial charge in [-0.2, -0.15) is 5.10 Å². The van der Waals surface area contributed by atoms with Gasteiger partial charge in [-0.25, -0.2) is 0 Å². The number of nitrogens with one attached hydrogen (secondary N) is 2. The van der Waals surface area contributed by atoms with Crippen LogP contribution in [0.3, 0.4) is 0 Å². The predicted molar refractivity (Wildman–Crippen MR) is 80.2 cm³/mol. The minimum Gasteiger partial charge on any atom is -0.349 e. The third-order valence-electron chi connectivity index (χ3n) is 4.40. The molecule has 0 bridgehead atoms. The van der Waals surface area contributed by atoms with E-state index in [1.807, 2.05) is 0 Å². The van der Waals surface area contributed by atoms with Crippen LogP contribution >= 0.6 is 11.6 Å². The molecule has 112 valence electrons. The van der Waals surface area contributed by atoms with E-state index in [1.165, 1.54) is 19.3 Å². The number of aryl methyl sites for hydroxylation is 1. The molecular formula is C14H23ClN4O. The van der Waals surface area contributed by atoms with Crippen molar-refractivity contribution in [2.75, 3.05) is 20.6 Å². The van der Waals surface area contributed by atoms with Crippen molar-refractivity contribution < 1.29 is 4.79 Å². The molecule has 1 heterocycles. The van der Waals surface area contributed by atoms with Gasteiger partial charge in [0.2, 0.25) is 0 Å². The standard InChI is InChI=1S/C14H23ClN4O/c1-10-11(15)12(18-17-10)13(20)16-9-14(19(2)3)7-5-4-6-8-14/h4-9H2,1-3H3,(H,16,20)(H,17,18). The Kier molecular flexibility index (Phi) is 4.70. The molecule has 1 aliphatic carbocycles. The highest BCUT2D eigenvalue weighted by Crippen LogP contribution is 2.31. The molecule has 1 aromatic heterocycles. The van der Waals surface area contributed by atoms with Crippen molar-refractivity contribution in [2.24, 2.45) is 0 Å². The van der Waals surface area contributed by atoms with Crippen LogP contribution in [0.1, 0.15) is 48.3 Å². The summed E-state index contributed by atoms with van der Waals surface area (Å²) in [6.07, 6.45) is 5.96. The highest BCUT2D eigenvalue weighted by Gasteiger charge is 2.34. The molecule has 20 heavy (non-hydrogen) atoms. The van der Waals surface area contributed by atoms with E-state index in [0.717, 1.165) is 18.5 Å². The summed E-state index contributed by atoms with van der Waals surface area (Å²) in [6, 6.07) is 0. The average Bonchev–Trinajstić information content (AvgIpc) is 2.77. The summed E-state index contributed by atoms with van der Waals surface area (Å²) in [5, 5.41) is 10.1. The Morgan fingerprint density at radius 2 is 2.05 bits per heavy atom. The molecule has 0 radical (unpaired) electrons. The summed E-state index contributed by atoms with van der Waals surface area (Å²) < 4.78 is 0. The van der Waals surface area contributed by atoms with Crippen molar-refractivity contribution in [2.45, 2.75) is 44.6 Å². The lowest BCUT2D eigenvalue weighted by Gasteiger charge is -2.43. The van der Waals surface area contributed by atoms with E-state index in [0.29, 0.717) is 11.6 Å². The molecule has 6 heteroatoms. The normalized spacial score (nSPS) is 18.2. The zero-order valence-corrected chi connectivity index (χ0v) is 13.2. The molecule has 5 nitrogen and oxygen atoms in total. The zero-order chi connectivity index (χ0) is 14.8. The molecule has 1 aromatic rings. The fraction of sp³-hybridized carbons (Fsp3) is 0.714. The molecule has 1 saturated carbocycles. The van der Waals surface area contributed by atoms with Gasteiger partial charge in [-0.05, 0) is 33.9 Å². The topological polar surface area (TPSA) is 61.0 Å². The van der Waals surface area contributed by atoms with Crippen LogP contribution in [0.4, 0.5) is 0 Å². The third-order valence-corrected chi connectivity index (χ3v) is 4.86. The Morgan fingerprint density at radius 3 is 2.55 bits per heavy atom. The summed E-state index contributed by atoms with van der Waals surface area (Å²) in [6.45, 7) is 2.44. The molecule has 1 fully saturated rings. The van der Waals surface area contributed by atoms with Gasteiger partial charge in [-0.1, -0.05) is 30.9 Å². The van der Waals surface area contributed by atoms with E-state index in [9.17, 15) is 4.79 Å². The number of nitrogens with zero attached hydrogens (tertiary/aromatic N) is 2. The molecule has 1 amide bonds. The lowest BCUT2D eigenvalue weighted by atomic mass is 9.80. The van der Waals surface area contributed by atoms with Gasteiger partial charge in [-0.3, -0.25) is 9.89 Å². The summed E-state index contributed by atoms with van der Waals surface area (Å²) in [7, 11) is 4.17. The first-order chi connectivity index (χ1) is 9.46. The summed E-state index contributed by atoms with van der Waals surface area (Å²) in [5.74, 6) is -0.203. The van der Waals surface area contributed by atoms with Crippen molar-refractivity contribution in [3.63, 3.8) is 0 Å². The maximum atomic E-state index is 12.2. The van der Waals surface area contributed by atoms with Crippen LogP contribution in [-0.4, -0.2) is 47.2 Å². The first-order valence-electron chi connectivity index (χ1n) is 7.12. The second-order valence-electron chi connectivity index (χ2n) is 5.87. The molecule has 0 atom stereocenters. The molecular weight excluding hydrogens is 276 g/mol. The summed E-state index contributed by atoms with van der Waals surface area (Å²) >= 11 is 6.06. The van der Waals surface area contributed by atoms with Gasteiger partial charge >= 0.3 is 0 Å². The fourth-order valence-electron chi connectivity index (χ4n) is 2.89. The fourth-order valence-corrected chi connectivity index (χ4v) is 3.06. The number of likely N-dealkylation sites (N-methyl/N-ethyl adjacent to an activating group) is 1. The van der Waals surface area contributed by atoms with Crippen molar-refractivity contribution in [3.05, 3.63) is 16.4 Å². The minimum absolute atomic E-state index is 0.0612. The summed E-state index contributed by atoms with van der Waals surface area (Å²) in [5.41, 5.74) is 1.07. The predicted octanol–water partition coefficient (Wildman–Crippen LogP) is 2.37. The molecule has 1 aliphatic rings. The Morgan fingerprint density at radius 1 is 1.40 bits per heavy atom. The molecule has 0 unspecified atom stereocenters. The molecule has 0 spiro atoms. The molecule has 0 aliphatic heterocycles. The number of aromatic nitrogens is 2. The minimum atomic E-state index is -0.203. The van der Waals surface area contributed by atoms with Crippen LogP contribution in [0.5, 0.6) is 0 Å². The number of hydrogen-bond donors (Lipinski definition) is 2. The third kappa shape index (κ3) is 2.99. The van der Waals surface area contributed by atoms with E-state index in [2.05, 4.69) is 34.5 Å². The van der Waals surface area contributed by atoms with Gasteiger partial charge < -0.3 is 10.2 Å². The van der Waals surface area contributed by atoms with Gasteiger partial charge in [0.15, 0.2) is 5.69 Å². The van der Waals surface area contributed by atoms with E-state index in [4.69, 9.17) is 11.6 Å². The SMILES string of the molecule is Cc1[nH]nc(C(=O)NCC2(N(C)C)CCCCC2)c1Cl. The average molecular weight is 299 g/mol. The van der Waals surface area contributed by atoms with E-state index >= 15 is 0 Å². The zero-order valence-electron chi connectivity index (χ0n) is 12.4. The number of hydrogen-bond acceptors (Lipinski definition) is 3. The lowest BCUT2D eigenvalue weighted by Crippen LogP contribution is -2.53. The monoisotopic (exact) mass is 298 g/mol. The van der Waals surface area contributed by atoms with Gasteiger partial charge in [0.25, 0.3) is 5.91 Å². The second-order valence-corrected chi connectivity index (χ2v) is 6.25. The Labute approximate surface area is 125 Å². The van der Waals surface area contributed by atoms with Crippen LogP contribution in [-0.2, 0) is 0 Å². The van der Waals surface area contributed by atoms with E-state index in [1.54, 1.807) is 6.92 Å². The van der Waals surface area contributed by atoms with Crippen LogP contribution in [0.25, 0.3) is 0 Å². The number of H-pyrrole nitrogens is 1. The quantitative estimate of drug-likeness (QED) is 0.897. The van der Waals surface area contributed by atoms with Gasteiger partial charge in [0, 0.05) is 12.1 Å². The first-order valence-corrected chi connectivity index (χ1v) is 7.50.